The summed E-state index contributed by atoms with van der Waals surface area (Å²) in [5, 5.41) is 0. The van der Waals surface area contributed by atoms with E-state index < -0.39 is 0 Å². The standard InChI is InChI=1S/C60H92N2.2CH3.Ni/c1-5-9-13-15-17-19-21-23-25-27-29-31-33-35-39-43-57-58(44-40-36-34-32-30-28-26-24-22-20-18-16-14-10-6-2)60(56-51-47-54(48-52-56)42-38-12-8-4)62(61)59(57)55-49-45-53(46-50-55)41-37-11-7-3;;;/h45-52H,5-38,41-42H2,1-4H3;2*1H3;/q;2*-1;+2. The molecule has 0 amide bonds. The van der Waals surface area contributed by atoms with Gasteiger partial charge in [0.05, 0.1) is 0 Å². The van der Waals surface area contributed by atoms with E-state index in [9.17, 15) is 5.53 Å². The van der Waals surface area contributed by atoms with E-state index in [4.69, 9.17) is 0 Å². The summed E-state index contributed by atoms with van der Waals surface area (Å²) in [5.74, 6) is 14.4. The van der Waals surface area contributed by atoms with Crippen molar-refractivity contribution in [3.63, 3.8) is 0 Å². The molecule has 0 N–H and O–H groups in total. The normalized spacial score (nSPS) is 12.0. The summed E-state index contributed by atoms with van der Waals surface area (Å²) in [6.45, 7) is 9.12. The predicted octanol–water partition coefficient (Wildman–Crippen LogP) is 20.2. The number of hydrogen-bond acceptors (Lipinski definition) is 0. The summed E-state index contributed by atoms with van der Waals surface area (Å²) in [5.41, 5.74) is 20.2. The average molecular weight is 930 g/mol. The van der Waals surface area contributed by atoms with Crippen molar-refractivity contribution in [3.8, 4) is 23.7 Å². The van der Waals surface area contributed by atoms with Crippen molar-refractivity contribution in [2.45, 2.75) is 259 Å². The quantitative estimate of drug-likeness (QED) is 0.0214. The first-order valence-corrected chi connectivity index (χ1v) is 26.8. The van der Waals surface area contributed by atoms with Gasteiger partial charge in [0.2, 0.25) is 11.4 Å². The topological polar surface area (TPSA) is 25.3 Å². The van der Waals surface area contributed by atoms with E-state index in [0.29, 0.717) is 0 Å². The number of unbranched alkanes of at least 4 members (excludes halogenated alkanes) is 30. The number of aryl methyl sites for hydroxylation is 2. The van der Waals surface area contributed by atoms with Gasteiger partial charge in [0.25, 0.3) is 0 Å². The van der Waals surface area contributed by atoms with Gasteiger partial charge < -0.3 is 20.4 Å². The van der Waals surface area contributed by atoms with Gasteiger partial charge in [-0.05, 0) is 73.9 Å². The zero-order valence-corrected chi connectivity index (χ0v) is 44.3. The molecule has 1 heterocycles. The second-order valence-electron chi connectivity index (χ2n) is 18.7. The first kappa shape index (κ1) is 62.1. The van der Waals surface area contributed by atoms with Crippen LogP contribution in [-0.2, 0) is 29.3 Å². The number of rotatable bonds is 36. The average Bonchev–Trinajstić information content (AvgIpc) is 3.56. The molecule has 1 aliphatic heterocycles. The monoisotopic (exact) mass is 929 g/mol. The van der Waals surface area contributed by atoms with Crippen molar-refractivity contribution in [1.82, 2.24) is 0 Å². The Hall–Kier alpha value is -2.87. The second kappa shape index (κ2) is 42.5. The van der Waals surface area contributed by atoms with Gasteiger partial charge in [-0.2, -0.15) is 0 Å². The van der Waals surface area contributed by atoms with E-state index in [1.807, 2.05) is 0 Å². The van der Waals surface area contributed by atoms with Crippen LogP contribution < -0.4 is 0 Å². The van der Waals surface area contributed by atoms with Crippen molar-refractivity contribution in [3.05, 3.63) is 102 Å². The van der Waals surface area contributed by atoms with Gasteiger partial charge in [-0.15, -0.1) is 0 Å². The van der Waals surface area contributed by atoms with E-state index in [-0.39, 0.29) is 31.3 Å². The minimum Gasteiger partial charge on any atom is -0.493 e. The van der Waals surface area contributed by atoms with Crippen LogP contribution in [0.25, 0.3) is 16.9 Å². The minimum atomic E-state index is 0. The fourth-order valence-electron chi connectivity index (χ4n) is 8.92. The first-order valence-electron chi connectivity index (χ1n) is 26.8. The summed E-state index contributed by atoms with van der Waals surface area (Å²) in [7, 11) is 0. The van der Waals surface area contributed by atoms with Crippen LogP contribution in [0.15, 0.2) is 59.7 Å². The fourth-order valence-corrected chi connectivity index (χ4v) is 8.92. The molecule has 0 spiro atoms. The van der Waals surface area contributed by atoms with Crippen molar-refractivity contribution < 1.29 is 21.2 Å². The van der Waals surface area contributed by atoms with Gasteiger partial charge in [0.1, 0.15) is 11.1 Å². The molecule has 2 aromatic carbocycles. The molecule has 0 aromatic heterocycles. The zero-order chi connectivity index (χ0) is 44.1. The molecule has 0 fully saturated rings. The molecule has 0 bridgehead atoms. The maximum absolute atomic E-state index is 12.2. The Morgan fingerprint density at radius 1 is 0.354 bits per heavy atom. The van der Waals surface area contributed by atoms with Gasteiger partial charge in [-0.3, -0.25) is 0 Å². The molecule has 0 unspecified atom stereocenters. The number of benzene rings is 2. The van der Waals surface area contributed by atoms with Gasteiger partial charge in [0.15, 0.2) is 0 Å². The van der Waals surface area contributed by atoms with Crippen LogP contribution in [0, 0.1) is 38.5 Å². The van der Waals surface area contributed by atoms with Gasteiger partial charge in [0, 0.05) is 24.0 Å². The van der Waals surface area contributed by atoms with Crippen molar-refractivity contribution >= 4 is 11.4 Å². The molecular weight excluding hydrogens is 831 g/mol. The van der Waals surface area contributed by atoms with Crippen LogP contribution in [0.5, 0.6) is 0 Å². The Morgan fingerprint density at radius 3 is 0.877 bits per heavy atom. The summed E-state index contributed by atoms with van der Waals surface area (Å²) in [6, 6.07) is 17.7. The fraction of sp³-hybridized carbons (Fsp3) is 0.645. The molecule has 0 saturated heterocycles. The molecule has 3 rings (SSSR count). The third-order valence-corrected chi connectivity index (χ3v) is 13.0. The molecule has 0 aliphatic carbocycles. The second-order valence-corrected chi connectivity index (χ2v) is 18.7. The van der Waals surface area contributed by atoms with E-state index in [2.05, 4.69) is 99.9 Å². The van der Waals surface area contributed by atoms with Crippen LogP contribution >= 0.6 is 0 Å². The summed E-state index contributed by atoms with van der Waals surface area (Å²) < 4.78 is 1.42. The van der Waals surface area contributed by atoms with E-state index in [1.54, 1.807) is 0 Å². The van der Waals surface area contributed by atoms with Gasteiger partial charge >= 0.3 is 16.5 Å². The van der Waals surface area contributed by atoms with Crippen LogP contribution in [0.2, 0.25) is 0 Å². The summed E-state index contributed by atoms with van der Waals surface area (Å²) in [4.78, 5) is 0. The number of hydrogen-bond donors (Lipinski definition) is 0. The third-order valence-electron chi connectivity index (χ3n) is 13.0. The molecule has 366 valence electrons. The van der Waals surface area contributed by atoms with Gasteiger partial charge in [-0.1, -0.05) is 255 Å². The maximum Gasteiger partial charge on any atom is 2.00 e. The van der Waals surface area contributed by atoms with Gasteiger partial charge in [-0.25, -0.2) is 4.70 Å². The number of nitrogens with zero attached hydrogens (tertiary/aromatic N) is 2. The molecule has 0 saturated carbocycles. The molecule has 0 atom stereocenters. The van der Waals surface area contributed by atoms with Crippen molar-refractivity contribution in [2.75, 3.05) is 0 Å². The molecule has 2 nitrogen and oxygen atoms in total. The van der Waals surface area contributed by atoms with E-state index >= 15 is 0 Å². The maximum atomic E-state index is 12.2. The Balaban J connectivity index is 0.0000137. The SMILES string of the molecule is CCCCCCCCCCCCCCCC#CC1=C(c2ccc(CCCCC)cc2)[N+](=[N-])C(c2ccc(CCCCC)cc2)=C1C#CCCCCCCCCCCCCCCC.[CH3-].[CH3-].[Ni+2]. The Labute approximate surface area is 415 Å². The Kier molecular flexibility index (Phi) is 40.6. The Bertz CT molecular complexity index is 1530. The summed E-state index contributed by atoms with van der Waals surface area (Å²) >= 11 is 0. The molecular formula is C62H98N2Ni. The van der Waals surface area contributed by atoms with Crippen molar-refractivity contribution in [1.29, 1.82) is 0 Å². The predicted molar refractivity (Wildman–Crippen MR) is 286 cm³/mol. The zero-order valence-electron chi connectivity index (χ0n) is 43.3. The van der Waals surface area contributed by atoms with Crippen LogP contribution in [0.3, 0.4) is 0 Å². The van der Waals surface area contributed by atoms with E-state index in [0.717, 1.165) is 72.2 Å². The van der Waals surface area contributed by atoms with Crippen LogP contribution in [0.4, 0.5) is 0 Å². The van der Waals surface area contributed by atoms with Crippen molar-refractivity contribution in [2.24, 2.45) is 0 Å². The minimum absolute atomic E-state index is 0. The third kappa shape index (κ3) is 26.9. The molecule has 0 radical (unpaired) electrons. The summed E-state index contributed by atoms with van der Waals surface area (Å²) in [6.07, 6.45) is 46.5. The molecule has 1 aliphatic rings. The number of allylic oxidation sites excluding steroid dienone is 2. The van der Waals surface area contributed by atoms with E-state index in [1.165, 1.54) is 208 Å². The molecule has 2 aromatic rings. The van der Waals surface area contributed by atoms with Crippen LogP contribution in [0.1, 0.15) is 268 Å². The largest absolute Gasteiger partial charge is 2.00 e. The first-order chi connectivity index (χ1) is 30.6. The molecule has 65 heavy (non-hydrogen) atoms. The Morgan fingerprint density at radius 2 is 0.600 bits per heavy atom. The van der Waals surface area contributed by atoms with Crippen LogP contribution in [-0.4, -0.2) is 4.70 Å². The molecule has 3 heteroatoms. The smallest absolute Gasteiger partial charge is 0.493 e.